The number of nitrogens with zero attached hydrogens (tertiary/aromatic N) is 2. The van der Waals surface area contributed by atoms with Crippen LogP contribution >= 0.6 is 11.3 Å². The summed E-state index contributed by atoms with van der Waals surface area (Å²) in [5.41, 5.74) is 1.41. The van der Waals surface area contributed by atoms with Crippen LogP contribution < -0.4 is 4.74 Å². The van der Waals surface area contributed by atoms with E-state index in [1.807, 2.05) is 18.2 Å². The summed E-state index contributed by atoms with van der Waals surface area (Å²) in [6, 6.07) is 5.66. The van der Waals surface area contributed by atoms with Crippen LogP contribution in [0.25, 0.3) is 10.2 Å². The number of methoxy groups -OCH3 is 1. The third-order valence-corrected chi connectivity index (χ3v) is 3.18. The van der Waals surface area contributed by atoms with Gasteiger partial charge in [0.05, 0.1) is 17.3 Å². The predicted octanol–water partition coefficient (Wildman–Crippen LogP) is 2.50. The Kier molecular flexibility index (Phi) is 2.55. The minimum absolute atomic E-state index is 0.523. The molecule has 2 aromatic rings. The van der Waals surface area contributed by atoms with E-state index < -0.39 is 0 Å². The van der Waals surface area contributed by atoms with Crippen LogP contribution in [0.1, 0.15) is 11.9 Å². The van der Waals surface area contributed by atoms with Gasteiger partial charge in [-0.15, -0.1) is 11.3 Å². The molecule has 0 bridgehead atoms. The monoisotopic (exact) mass is 222 g/mol. The minimum atomic E-state index is 0.523. The largest absolute Gasteiger partial charge is 0.497 e. The van der Waals surface area contributed by atoms with E-state index in [0.717, 1.165) is 21.0 Å². The Morgan fingerprint density at radius 1 is 1.53 bits per heavy atom. The van der Waals surface area contributed by atoms with Gasteiger partial charge in [0, 0.05) is 0 Å². The van der Waals surface area contributed by atoms with Crippen LogP contribution in [0.3, 0.4) is 0 Å². The molecule has 4 nitrogen and oxygen atoms in total. The highest BCUT2D eigenvalue weighted by Gasteiger charge is 2.07. The van der Waals surface area contributed by atoms with E-state index >= 15 is 0 Å². The van der Waals surface area contributed by atoms with Crippen molar-refractivity contribution in [1.82, 2.24) is 4.98 Å². The Bertz CT molecular complexity index is 519. The van der Waals surface area contributed by atoms with Gasteiger partial charge in [-0.25, -0.2) is 4.98 Å². The van der Waals surface area contributed by atoms with Crippen molar-refractivity contribution in [3.8, 4) is 5.75 Å². The molecular weight excluding hydrogens is 212 g/mol. The van der Waals surface area contributed by atoms with Crippen molar-refractivity contribution in [2.45, 2.75) is 6.92 Å². The lowest BCUT2D eigenvalue weighted by Gasteiger charge is -1.96. The lowest BCUT2D eigenvalue weighted by atomic mass is 10.3. The smallest absolute Gasteiger partial charge is 0.142 e. The summed E-state index contributed by atoms with van der Waals surface area (Å²) in [7, 11) is 1.63. The summed E-state index contributed by atoms with van der Waals surface area (Å²) in [6.45, 7) is 1.72. The Labute approximate surface area is 90.8 Å². The predicted molar refractivity (Wildman–Crippen MR) is 60.2 cm³/mol. The number of fused-ring (bicyclic) bond motifs is 1. The molecule has 0 aliphatic carbocycles. The van der Waals surface area contributed by atoms with Crippen molar-refractivity contribution in [3.63, 3.8) is 0 Å². The number of oxime groups is 1. The molecule has 0 radical (unpaired) electrons. The van der Waals surface area contributed by atoms with E-state index in [-0.39, 0.29) is 0 Å². The van der Waals surface area contributed by atoms with Gasteiger partial charge >= 0.3 is 0 Å². The fraction of sp³-hybridized carbons (Fsp3) is 0.200. The average molecular weight is 222 g/mol. The number of hydrogen-bond donors (Lipinski definition) is 1. The van der Waals surface area contributed by atoms with Gasteiger partial charge in [0.15, 0.2) is 0 Å². The highest BCUT2D eigenvalue weighted by Crippen LogP contribution is 2.26. The number of ether oxygens (including phenoxy) is 1. The molecule has 1 N–H and O–H groups in total. The second-order valence-corrected chi connectivity index (χ2v) is 4.07. The first-order valence-corrected chi connectivity index (χ1v) is 5.20. The molecule has 1 aromatic heterocycles. The molecule has 0 fully saturated rings. The van der Waals surface area contributed by atoms with E-state index in [4.69, 9.17) is 9.94 Å². The number of rotatable bonds is 2. The summed E-state index contributed by atoms with van der Waals surface area (Å²) in [5, 5.41) is 12.5. The number of benzene rings is 1. The van der Waals surface area contributed by atoms with Crippen molar-refractivity contribution in [3.05, 3.63) is 23.2 Å². The lowest BCUT2D eigenvalue weighted by molar-refractivity contribution is 0.319. The standard InChI is InChI=1S/C10H10N2O2S/c1-6(12-13)10-11-8-4-3-7(14-2)5-9(8)15-10/h3-5,13H,1-2H3. The molecule has 5 heteroatoms. The molecular formula is C10H10N2O2S. The summed E-state index contributed by atoms with van der Waals surface area (Å²) in [4.78, 5) is 4.33. The fourth-order valence-corrected chi connectivity index (χ4v) is 2.16. The summed E-state index contributed by atoms with van der Waals surface area (Å²) < 4.78 is 6.14. The molecule has 1 heterocycles. The molecule has 15 heavy (non-hydrogen) atoms. The van der Waals surface area contributed by atoms with Gasteiger partial charge in [-0.2, -0.15) is 0 Å². The summed E-state index contributed by atoms with van der Waals surface area (Å²) in [5.74, 6) is 0.802. The van der Waals surface area contributed by atoms with Gasteiger partial charge in [-0.1, -0.05) is 5.16 Å². The molecule has 0 saturated carbocycles. The van der Waals surface area contributed by atoms with Crippen LogP contribution in [0.2, 0.25) is 0 Å². The topological polar surface area (TPSA) is 54.7 Å². The van der Waals surface area contributed by atoms with E-state index in [0.29, 0.717) is 5.71 Å². The molecule has 2 rings (SSSR count). The maximum Gasteiger partial charge on any atom is 0.142 e. The first-order valence-electron chi connectivity index (χ1n) is 4.38. The first kappa shape index (κ1) is 9.92. The van der Waals surface area contributed by atoms with Crippen molar-refractivity contribution < 1.29 is 9.94 Å². The van der Waals surface area contributed by atoms with Gasteiger partial charge < -0.3 is 9.94 Å². The highest BCUT2D eigenvalue weighted by molar-refractivity contribution is 7.20. The molecule has 0 amide bonds. The van der Waals surface area contributed by atoms with Crippen LogP contribution in [0.5, 0.6) is 5.75 Å². The molecule has 1 aromatic carbocycles. The molecule has 0 aliphatic heterocycles. The van der Waals surface area contributed by atoms with E-state index in [9.17, 15) is 0 Å². The Morgan fingerprint density at radius 3 is 3.00 bits per heavy atom. The van der Waals surface area contributed by atoms with Gasteiger partial charge in [0.2, 0.25) is 0 Å². The Morgan fingerprint density at radius 2 is 2.33 bits per heavy atom. The zero-order chi connectivity index (χ0) is 10.8. The molecule has 0 aliphatic rings. The number of hydrogen-bond acceptors (Lipinski definition) is 5. The molecule has 0 atom stereocenters. The van der Waals surface area contributed by atoms with Crippen molar-refractivity contribution >= 4 is 27.3 Å². The zero-order valence-corrected chi connectivity index (χ0v) is 9.21. The van der Waals surface area contributed by atoms with Gasteiger partial charge in [-0.3, -0.25) is 0 Å². The van der Waals surface area contributed by atoms with Crippen LogP contribution in [0, 0.1) is 0 Å². The molecule has 0 unspecified atom stereocenters. The normalized spacial score (nSPS) is 12.0. The second kappa shape index (κ2) is 3.86. The van der Waals surface area contributed by atoms with Crippen LogP contribution in [0.15, 0.2) is 23.4 Å². The fourth-order valence-electron chi connectivity index (χ4n) is 1.23. The zero-order valence-electron chi connectivity index (χ0n) is 8.39. The van der Waals surface area contributed by atoms with Crippen molar-refractivity contribution in [2.24, 2.45) is 5.16 Å². The summed E-state index contributed by atoms with van der Waals surface area (Å²) >= 11 is 1.48. The third-order valence-electron chi connectivity index (χ3n) is 2.06. The highest BCUT2D eigenvalue weighted by atomic mass is 32.1. The first-order chi connectivity index (χ1) is 7.24. The minimum Gasteiger partial charge on any atom is -0.497 e. The van der Waals surface area contributed by atoms with Gasteiger partial charge in [0.1, 0.15) is 16.5 Å². The number of aromatic nitrogens is 1. The van der Waals surface area contributed by atoms with Gasteiger partial charge in [-0.05, 0) is 25.1 Å². The van der Waals surface area contributed by atoms with Crippen LogP contribution in [0.4, 0.5) is 0 Å². The summed E-state index contributed by atoms with van der Waals surface area (Å²) in [6.07, 6.45) is 0. The maximum atomic E-state index is 8.64. The van der Waals surface area contributed by atoms with E-state index in [1.54, 1.807) is 14.0 Å². The van der Waals surface area contributed by atoms with Crippen LogP contribution in [-0.2, 0) is 0 Å². The van der Waals surface area contributed by atoms with Crippen LogP contribution in [-0.4, -0.2) is 23.0 Å². The maximum absolute atomic E-state index is 8.64. The van der Waals surface area contributed by atoms with E-state index in [1.165, 1.54) is 11.3 Å². The van der Waals surface area contributed by atoms with Gasteiger partial charge in [0.25, 0.3) is 0 Å². The number of thiazole rings is 1. The average Bonchev–Trinajstić information content (AvgIpc) is 2.70. The van der Waals surface area contributed by atoms with Crippen molar-refractivity contribution in [2.75, 3.05) is 7.11 Å². The Balaban J connectivity index is 2.56. The van der Waals surface area contributed by atoms with E-state index in [2.05, 4.69) is 10.1 Å². The van der Waals surface area contributed by atoms with Crippen molar-refractivity contribution in [1.29, 1.82) is 0 Å². The Hall–Kier alpha value is -1.62. The molecule has 78 valence electrons. The molecule has 0 saturated heterocycles. The second-order valence-electron chi connectivity index (χ2n) is 3.04. The quantitative estimate of drug-likeness (QED) is 0.482. The molecule has 0 spiro atoms. The third kappa shape index (κ3) is 1.78. The SMILES string of the molecule is COc1ccc2nc(C(C)=NO)sc2c1. The lowest BCUT2D eigenvalue weighted by Crippen LogP contribution is -1.91.